The molecule has 4 rings (SSSR count). The van der Waals surface area contributed by atoms with Crippen molar-refractivity contribution in [2.24, 2.45) is 0 Å². The number of aldehydes is 1. The van der Waals surface area contributed by atoms with E-state index in [9.17, 15) is 14.7 Å². The lowest BCUT2D eigenvalue weighted by Gasteiger charge is -2.18. The predicted octanol–water partition coefficient (Wildman–Crippen LogP) is 3.74. The van der Waals surface area contributed by atoms with Crippen molar-refractivity contribution in [2.75, 3.05) is 17.3 Å². The molecule has 3 aromatic rings. The van der Waals surface area contributed by atoms with Gasteiger partial charge in [0.2, 0.25) is 0 Å². The lowest BCUT2D eigenvalue weighted by Crippen LogP contribution is -2.30. The Hall–Kier alpha value is -2.92. The van der Waals surface area contributed by atoms with Gasteiger partial charge in [-0.05, 0) is 17.0 Å². The summed E-state index contributed by atoms with van der Waals surface area (Å²) >= 11 is 6.18. The summed E-state index contributed by atoms with van der Waals surface area (Å²) in [5.74, 6) is 0.165. The highest BCUT2D eigenvalue weighted by Gasteiger charge is 2.34. The van der Waals surface area contributed by atoms with Crippen LogP contribution in [0, 0.1) is 0 Å². The van der Waals surface area contributed by atoms with Crippen LogP contribution in [0.25, 0.3) is 10.8 Å². The van der Waals surface area contributed by atoms with Gasteiger partial charge in [-0.25, -0.2) is 0 Å². The summed E-state index contributed by atoms with van der Waals surface area (Å²) in [4.78, 5) is 29.6. The van der Waals surface area contributed by atoms with E-state index in [1.807, 2.05) is 24.3 Å². The number of carbonyl (C=O) groups excluding carboxylic acids is 2. The average Bonchev–Trinajstić information content (AvgIpc) is 3.06. The number of anilines is 1. The van der Waals surface area contributed by atoms with E-state index in [-0.39, 0.29) is 17.6 Å². The van der Waals surface area contributed by atoms with Gasteiger partial charge in [0.05, 0.1) is 11.3 Å². The molecule has 1 aliphatic rings. The van der Waals surface area contributed by atoms with Gasteiger partial charge < -0.3 is 10.0 Å². The van der Waals surface area contributed by atoms with Crippen LogP contribution in [0.3, 0.4) is 0 Å². The predicted molar refractivity (Wildman–Crippen MR) is 100 cm³/mol. The standard InChI is InChI=1S/C20H15ClN2O3/c21-7-14-10-23(20(26)13-5-12(11-24)8-22-9-13)17-6-18(25)15-3-1-2-4-16(15)19(14)17/h1-6,8-9,11,14,25H,7,10H2. The Bertz CT molecular complexity index is 1030. The number of aromatic hydroxyl groups is 1. The number of rotatable bonds is 3. The van der Waals surface area contributed by atoms with Gasteiger partial charge in [-0.2, -0.15) is 0 Å². The fraction of sp³-hybridized carbons (Fsp3) is 0.150. The fourth-order valence-corrected chi connectivity index (χ4v) is 3.79. The molecule has 0 saturated carbocycles. The van der Waals surface area contributed by atoms with Crippen LogP contribution in [-0.2, 0) is 0 Å². The number of alkyl halides is 1. The molecule has 0 saturated heterocycles. The minimum Gasteiger partial charge on any atom is -0.507 e. The lowest BCUT2D eigenvalue weighted by molar-refractivity contribution is 0.0988. The van der Waals surface area contributed by atoms with Crippen molar-refractivity contribution in [3.05, 3.63) is 65.5 Å². The minimum absolute atomic E-state index is 0.0386. The number of pyridine rings is 1. The van der Waals surface area contributed by atoms with Gasteiger partial charge in [-0.3, -0.25) is 14.6 Å². The van der Waals surface area contributed by atoms with E-state index >= 15 is 0 Å². The third kappa shape index (κ3) is 2.52. The molecular formula is C20H15ClN2O3. The molecule has 0 bridgehead atoms. The highest BCUT2D eigenvalue weighted by atomic mass is 35.5. The number of hydrogen-bond donors (Lipinski definition) is 1. The SMILES string of the molecule is O=Cc1cncc(C(=O)N2CC(CCl)c3c2cc(O)c2ccccc32)c1. The molecule has 1 N–H and O–H groups in total. The summed E-state index contributed by atoms with van der Waals surface area (Å²) < 4.78 is 0. The van der Waals surface area contributed by atoms with Crippen molar-refractivity contribution < 1.29 is 14.7 Å². The monoisotopic (exact) mass is 366 g/mol. The second-order valence-corrected chi connectivity index (χ2v) is 6.57. The molecule has 5 nitrogen and oxygen atoms in total. The number of carbonyl (C=O) groups is 2. The lowest BCUT2D eigenvalue weighted by atomic mass is 9.95. The first kappa shape index (κ1) is 16.5. The molecule has 1 aliphatic heterocycles. The van der Waals surface area contributed by atoms with Crippen LogP contribution >= 0.6 is 11.6 Å². The Morgan fingerprint density at radius 2 is 2.04 bits per heavy atom. The van der Waals surface area contributed by atoms with Crippen LogP contribution in [0.1, 0.15) is 32.2 Å². The van der Waals surface area contributed by atoms with Crippen LogP contribution in [0.15, 0.2) is 48.8 Å². The molecule has 0 spiro atoms. The summed E-state index contributed by atoms with van der Waals surface area (Å²) in [6.07, 6.45) is 3.50. The highest BCUT2D eigenvalue weighted by molar-refractivity contribution is 6.19. The summed E-state index contributed by atoms with van der Waals surface area (Å²) in [6.45, 7) is 0.413. The summed E-state index contributed by atoms with van der Waals surface area (Å²) in [5, 5.41) is 12.0. The first-order chi connectivity index (χ1) is 12.6. The van der Waals surface area contributed by atoms with Crippen LogP contribution in [0.2, 0.25) is 0 Å². The van der Waals surface area contributed by atoms with Crippen molar-refractivity contribution in [1.82, 2.24) is 4.98 Å². The molecule has 6 heteroatoms. The Morgan fingerprint density at radius 3 is 2.77 bits per heavy atom. The number of halogens is 1. The minimum atomic E-state index is -0.273. The molecule has 1 amide bonds. The fourth-order valence-electron chi connectivity index (χ4n) is 3.54. The quantitative estimate of drug-likeness (QED) is 0.566. The summed E-state index contributed by atoms with van der Waals surface area (Å²) in [5.41, 5.74) is 2.27. The maximum atomic E-state index is 13.0. The molecule has 130 valence electrons. The number of nitrogens with zero attached hydrogens (tertiary/aromatic N) is 2. The molecule has 1 atom stereocenters. The van der Waals surface area contributed by atoms with E-state index in [2.05, 4.69) is 4.98 Å². The third-order valence-corrected chi connectivity index (χ3v) is 5.09. The third-order valence-electron chi connectivity index (χ3n) is 4.72. The molecule has 2 aromatic carbocycles. The number of phenolic OH excluding ortho intramolecular Hbond substituents is 1. The van der Waals surface area contributed by atoms with Gasteiger partial charge in [-0.15, -0.1) is 11.6 Å². The molecule has 26 heavy (non-hydrogen) atoms. The summed E-state index contributed by atoms with van der Waals surface area (Å²) in [7, 11) is 0. The number of phenols is 1. The van der Waals surface area contributed by atoms with Crippen LogP contribution in [-0.4, -0.2) is 34.7 Å². The number of amides is 1. The van der Waals surface area contributed by atoms with E-state index in [4.69, 9.17) is 11.6 Å². The maximum Gasteiger partial charge on any atom is 0.259 e. The molecular weight excluding hydrogens is 352 g/mol. The van der Waals surface area contributed by atoms with E-state index in [0.29, 0.717) is 35.5 Å². The zero-order valence-corrected chi connectivity index (χ0v) is 14.5. The molecule has 2 heterocycles. The van der Waals surface area contributed by atoms with Gasteiger partial charge in [0.1, 0.15) is 5.75 Å². The molecule has 1 aromatic heterocycles. The highest BCUT2D eigenvalue weighted by Crippen LogP contribution is 2.45. The van der Waals surface area contributed by atoms with Crippen molar-refractivity contribution in [3.63, 3.8) is 0 Å². The van der Waals surface area contributed by atoms with Crippen molar-refractivity contribution >= 4 is 40.3 Å². The van der Waals surface area contributed by atoms with Crippen molar-refractivity contribution in [1.29, 1.82) is 0 Å². The Balaban J connectivity index is 1.86. The first-order valence-electron chi connectivity index (χ1n) is 8.16. The average molecular weight is 367 g/mol. The molecule has 0 aliphatic carbocycles. The van der Waals surface area contributed by atoms with Gasteiger partial charge in [0.25, 0.3) is 5.91 Å². The number of benzene rings is 2. The topological polar surface area (TPSA) is 70.5 Å². The van der Waals surface area contributed by atoms with Crippen molar-refractivity contribution in [2.45, 2.75) is 5.92 Å². The van der Waals surface area contributed by atoms with E-state index in [1.54, 1.807) is 11.0 Å². The summed E-state index contributed by atoms with van der Waals surface area (Å²) in [6, 6.07) is 10.7. The van der Waals surface area contributed by atoms with E-state index in [1.165, 1.54) is 18.5 Å². The number of hydrogen-bond acceptors (Lipinski definition) is 4. The van der Waals surface area contributed by atoms with Crippen molar-refractivity contribution in [3.8, 4) is 5.75 Å². The largest absolute Gasteiger partial charge is 0.507 e. The second kappa shape index (κ2) is 6.42. The normalized spacial score (nSPS) is 15.9. The van der Waals surface area contributed by atoms with Gasteiger partial charge in [0, 0.05) is 47.8 Å². The second-order valence-electron chi connectivity index (χ2n) is 6.27. The number of aromatic nitrogens is 1. The van der Waals surface area contributed by atoms with Gasteiger partial charge in [0.15, 0.2) is 6.29 Å². The Labute approximate surface area is 154 Å². The van der Waals surface area contributed by atoms with Crippen LogP contribution in [0.5, 0.6) is 5.75 Å². The number of fused-ring (bicyclic) bond motifs is 3. The van der Waals surface area contributed by atoms with Gasteiger partial charge in [-0.1, -0.05) is 24.3 Å². The first-order valence-corrected chi connectivity index (χ1v) is 8.70. The van der Waals surface area contributed by atoms with Crippen LogP contribution < -0.4 is 4.90 Å². The molecule has 1 unspecified atom stereocenters. The maximum absolute atomic E-state index is 13.0. The Kier molecular flexibility index (Phi) is 4.09. The van der Waals surface area contributed by atoms with E-state index in [0.717, 1.165) is 16.3 Å². The van der Waals surface area contributed by atoms with E-state index < -0.39 is 0 Å². The molecule has 0 radical (unpaired) electrons. The smallest absolute Gasteiger partial charge is 0.259 e. The zero-order valence-electron chi connectivity index (χ0n) is 13.7. The molecule has 0 fully saturated rings. The van der Waals surface area contributed by atoms with Gasteiger partial charge >= 0.3 is 0 Å². The zero-order chi connectivity index (χ0) is 18.3. The Morgan fingerprint density at radius 1 is 1.27 bits per heavy atom. The van der Waals surface area contributed by atoms with Crippen LogP contribution in [0.4, 0.5) is 5.69 Å².